The van der Waals surface area contributed by atoms with Crippen molar-refractivity contribution in [3.8, 4) is 6.07 Å². The molecule has 0 saturated carbocycles. The molecular weight excluding hydrogens is 422 g/mol. The zero-order valence-corrected chi connectivity index (χ0v) is 19.6. The number of anilines is 2. The van der Waals surface area contributed by atoms with Crippen LogP contribution in [0.5, 0.6) is 0 Å². The van der Waals surface area contributed by atoms with Crippen molar-refractivity contribution in [1.82, 2.24) is 4.98 Å². The van der Waals surface area contributed by atoms with Crippen LogP contribution in [-0.2, 0) is 4.79 Å². The summed E-state index contributed by atoms with van der Waals surface area (Å²) < 4.78 is 0. The fourth-order valence-corrected chi connectivity index (χ4v) is 5.86. The molecule has 0 N–H and O–H groups in total. The van der Waals surface area contributed by atoms with Crippen molar-refractivity contribution in [3.05, 3.63) is 70.9 Å². The van der Waals surface area contributed by atoms with Crippen molar-refractivity contribution in [1.29, 1.82) is 5.26 Å². The molecule has 1 aromatic heterocycles. The summed E-state index contributed by atoms with van der Waals surface area (Å²) in [4.78, 5) is 22.5. The van der Waals surface area contributed by atoms with E-state index in [-0.39, 0.29) is 11.2 Å². The number of hydrogen-bond donors (Lipinski definition) is 0. The molecule has 1 aliphatic rings. The number of aromatic nitrogens is 1. The van der Waals surface area contributed by atoms with Gasteiger partial charge in [0, 0.05) is 15.5 Å². The highest BCUT2D eigenvalue weighted by atomic mass is 32.2. The number of amides is 1. The van der Waals surface area contributed by atoms with Crippen LogP contribution in [0.3, 0.4) is 0 Å². The lowest BCUT2D eigenvalue weighted by Gasteiger charge is -2.33. The Bertz CT molecular complexity index is 1170. The highest BCUT2D eigenvalue weighted by Crippen LogP contribution is 2.49. The molecule has 1 atom stereocenters. The molecule has 0 saturated heterocycles. The molecule has 0 radical (unpaired) electrons. The maximum atomic E-state index is 13.9. The van der Waals surface area contributed by atoms with Gasteiger partial charge in [-0.15, -0.1) is 0 Å². The largest absolute Gasteiger partial charge is 0.278 e. The van der Waals surface area contributed by atoms with E-state index in [1.807, 2.05) is 81.1 Å². The van der Waals surface area contributed by atoms with Gasteiger partial charge in [-0.05, 0) is 62.6 Å². The Morgan fingerprint density at radius 2 is 1.65 bits per heavy atom. The SMILES string of the molecule is CCC(Sc1nc(C)c(C)c(C)c1C#N)C(=O)N1c2ccccc2Sc2ccccc21. The van der Waals surface area contributed by atoms with Crippen LogP contribution in [0.25, 0.3) is 0 Å². The molecule has 156 valence electrons. The predicted molar refractivity (Wildman–Crippen MR) is 127 cm³/mol. The highest BCUT2D eigenvalue weighted by molar-refractivity contribution is 8.00. The number of rotatable bonds is 4. The van der Waals surface area contributed by atoms with Crippen LogP contribution < -0.4 is 4.90 Å². The molecule has 0 aliphatic carbocycles. The minimum atomic E-state index is -0.356. The first-order valence-electron chi connectivity index (χ1n) is 10.2. The predicted octanol–water partition coefficient (Wildman–Crippen LogP) is 6.58. The zero-order valence-electron chi connectivity index (χ0n) is 18.0. The third-order valence-electron chi connectivity index (χ3n) is 5.63. The summed E-state index contributed by atoms with van der Waals surface area (Å²) in [7, 11) is 0. The fraction of sp³-hybridized carbons (Fsp3) is 0.240. The van der Waals surface area contributed by atoms with Gasteiger partial charge in [0.05, 0.1) is 22.2 Å². The molecule has 2 aromatic carbocycles. The van der Waals surface area contributed by atoms with Crippen LogP contribution >= 0.6 is 23.5 Å². The van der Waals surface area contributed by atoms with Crippen LogP contribution in [0.15, 0.2) is 63.3 Å². The van der Waals surface area contributed by atoms with Gasteiger partial charge in [-0.1, -0.05) is 54.7 Å². The number of benzene rings is 2. The van der Waals surface area contributed by atoms with Crippen molar-refractivity contribution in [3.63, 3.8) is 0 Å². The number of thioether (sulfide) groups is 1. The topological polar surface area (TPSA) is 57.0 Å². The molecule has 4 nitrogen and oxygen atoms in total. The lowest BCUT2D eigenvalue weighted by Crippen LogP contribution is -2.35. The smallest absolute Gasteiger partial charge is 0.245 e. The molecule has 0 spiro atoms. The number of carbonyl (C=O) groups is 1. The third-order valence-corrected chi connectivity index (χ3v) is 8.10. The average Bonchev–Trinajstić information content (AvgIpc) is 2.79. The monoisotopic (exact) mass is 445 g/mol. The zero-order chi connectivity index (χ0) is 22.1. The molecule has 3 aromatic rings. The van der Waals surface area contributed by atoms with E-state index in [1.165, 1.54) is 11.8 Å². The maximum Gasteiger partial charge on any atom is 0.245 e. The molecule has 1 unspecified atom stereocenters. The maximum absolute atomic E-state index is 13.9. The van der Waals surface area contributed by atoms with Crippen LogP contribution in [-0.4, -0.2) is 16.1 Å². The first kappa shape index (κ1) is 21.5. The second-order valence-electron chi connectivity index (χ2n) is 7.47. The Hall–Kier alpha value is -2.75. The summed E-state index contributed by atoms with van der Waals surface area (Å²) in [5, 5.41) is 10.0. The standard InChI is InChI=1S/C25H23N3OS2/c1-5-21(31-24-18(14-26)16(3)15(2)17(4)27-24)25(29)28-19-10-6-8-12-22(19)30-23-13-9-7-11-20(23)28/h6-13,21H,5H2,1-4H3. The Balaban J connectivity index is 1.76. The quantitative estimate of drug-likeness (QED) is 0.425. The minimum Gasteiger partial charge on any atom is -0.278 e. The van der Waals surface area contributed by atoms with E-state index < -0.39 is 0 Å². The van der Waals surface area contributed by atoms with Gasteiger partial charge in [-0.2, -0.15) is 5.26 Å². The van der Waals surface area contributed by atoms with Gasteiger partial charge in [-0.3, -0.25) is 9.69 Å². The fourth-order valence-electron chi connectivity index (χ4n) is 3.66. The lowest BCUT2D eigenvalue weighted by molar-refractivity contribution is -0.117. The van der Waals surface area contributed by atoms with Gasteiger partial charge in [0.15, 0.2) is 0 Å². The minimum absolute atomic E-state index is 0.00858. The van der Waals surface area contributed by atoms with E-state index in [2.05, 4.69) is 11.1 Å². The average molecular weight is 446 g/mol. The van der Waals surface area contributed by atoms with E-state index in [9.17, 15) is 10.1 Å². The van der Waals surface area contributed by atoms with Crippen molar-refractivity contribution in [2.75, 3.05) is 4.90 Å². The van der Waals surface area contributed by atoms with Gasteiger partial charge < -0.3 is 0 Å². The number of fused-ring (bicyclic) bond motifs is 2. The molecule has 4 rings (SSSR count). The van der Waals surface area contributed by atoms with E-state index in [0.717, 1.165) is 38.0 Å². The van der Waals surface area contributed by atoms with Gasteiger partial charge in [0.2, 0.25) is 5.91 Å². The summed E-state index contributed by atoms with van der Waals surface area (Å²) in [6, 6.07) is 18.3. The Morgan fingerprint density at radius 1 is 1.06 bits per heavy atom. The third kappa shape index (κ3) is 3.84. The van der Waals surface area contributed by atoms with Crippen molar-refractivity contribution < 1.29 is 4.79 Å². The van der Waals surface area contributed by atoms with Gasteiger partial charge in [0.1, 0.15) is 11.1 Å². The first-order chi connectivity index (χ1) is 15.0. The van der Waals surface area contributed by atoms with E-state index in [4.69, 9.17) is 0 Å². The molecule has 1 amide bonds. The number of nitrogens with zero attached hydrogens (tertiary/aromatic N) is 3. The molecule has 0 fully saturated rings. The Labute approximate surface area is 191 Å². The summed E-state index contributed by atoms with van der Waals surface area (Å²) in [5.74, 6) is 0.00858. The summed E-state index contributed by atoms with van der Waals surface area (Å²) in [6.45, 7) is 7.88. The lowest BCUT2D eigenvalue weighted by atomic mass is 10.1. The van der Waals surface area contributed by atoms with Crippen LogP contribution in [0.1, 0.15) is 35.7 Å². The second kappa shape index (κ2) is 8.78. The van der Waals surface area contributed by atoms with Crippen LogP contribution in [0.2, 0.25) is 0 Å². The summed E-state index contributed by atoms with van der Waals surface area (Å²) in [6.07, 6.45) is 0.635. The molecule has 1 aliphatic heterocycles. The van der Waals surface area contributed by atoms with Gasteiger partial charge in [0.25, 0.3) is 0 Å². The molecule has 6 heteroatoms. The number of nitriles is 1. The number of carbonyl (C=O) groups excluding carboxylic acids is 1. The first-order valence-corrected chi connectivity index (χ1v) is 11.9. The normalized spacial score (nSPS) is 13.2. The number of aryl methyl sites for hydroxylation is 1. The van der Waals surface area contributed by atoms with Crippen molar-refractivity contribution in [2.45, 2.75) is 54.2 Å². The molecular formula is C25H23N3OS2. The molecule has 2 heterocycles. The van der Waals surface area contributed by atoms with Crippen molar-refractivity contribution in [2.24, 2.45) is 0 Å². The van der Waals surface area contributed by atoms with Gasteiger partial charge >= 0.3 is 0 Å². The molecule has 31 heavy (non-hydrogen) atoms. The van der Waals surface area contributed by atoms with Crippen LogP contribution in [0, 0.1) is 32.1 Å². The Kier molecular flexibility index (Phi) is 6.08. The number of pyridine rings is 1. The number of hydrogen-bond acceptors (Lipinski definition) is 5. The van der Waals surface area contributed by atoms with E-state index in [1.54, 1.807) is 11.8 Å². The van der Waals surface area contributed by atoms with Gasteiger partial charge in [-0.25, -0.2) is 4.98 Å². The molecule has 0 bridgehead atoms. The highest BCUT2D eigenvalue weighted by Gasteiger charge is 2.33. The van der Waals surface area contributed by atoms with Crippen molar-refractivity contribution >= 4 is 40.8 Å². The second-order valence-corrected chi connectivity index (χ2v) is 9.74. The summed E-state index contributed by atoms with van der Waals surface area (Å²) in [5.41, 5.74) is 5.22. The van der Waals surface area contributed by atoms with E-state index >= 15 is 0 Å². The van der Waals surface area contributed by atoms with Crippen LogP contribution in [0.4, 0.5) is 11.4 Å². The number of para-hydroxylation sites is 2. The van der Waals surface area contributed by atoms with E-state index in [0.29, 0.717) is 17.0 Å². The Morgan fingerprint density at radius 3 is 2.19 bits per heavy atom. The summed E-state index contributed by atoms with van der Waals surface area (Å²) >= 11 is 3.08.